The van der Waals surface area contributed by atoms with Gasteiger partial charge in [0, 0.05) is 60.3 Å². The SMILES string of the molecule is [2H]c1c([2H])c([2H])c(N2c3ccsc3B3c4sc5c6c(ccc5c4Oc4cc(C([2H])([2H])[2H])cc2c43)Oc2cc(C([2H])([2H])[2H])cc3c2B6c2sc(C)c(C)c2N3c2c([2H])c([2H])c([2H])c([2H])c2[2H])c([2H])c1[2H]. The summed E-state index contributed by atoms with van der Waals surface area (Å²) in [6.07, 6.45) is 0. The molecule has 4 nitrogen and oxygen atoms in total. The molecule has 252 valence electrons. The zero-order chi connectivity index (χ0) is 49.0. The Morgan fingerprint density at radius 2 is 1.32 bits per heavy atom. The largest absolute Gasteiger partial charge is 0.458 e. The van der Waals surface area contributed by atoms with E-state index < -0.39 is 87.6 Å². The van der Waals surface area contributed by atoms with E-state index in [0.29, 0.717) is 44.9 Å². The van der Waals surface area contributed by atoms with Gasteiger partial charge in [-0.3, -0.25) is 0 Å². The van der Waals surface area contributed by atoms with E-state index in [1.807, 2.05) is 25.3 Å². The predicted octanol–water partition coefficient (Wildman–Crippen LogP) is 9.07. The first-order valence-corrected chi connectivity index (χ1v) is 19.3. The van der Waals surface area contributed by atoms with Crippen molar-refractivity contribution < 1.29 is 31.4 Å². The number of ether oxygens (including phenoxy) is 2. The van der Waals surface area contributed by atoms with Crippen molar-refractivity contribution in [2.75, 3.05) is 9.80 Å². The standard InChI is InChI=1S/C44H30B2N2O2S3/c1-23-19-31-37-35(22-23)50-40-29-15-16-33-38(41(29)53-44(40)46(37)42-30(17-18-51-42)47(31)27-11-7-5-8-12-27)45-36-32(20-24(2)21-34(36)49-33)48(28-13-9-6-10-14-28)39-25(3)26(4)52-43(39)45/h5-22H,1-4H3/i1D3,2D3,5D,6D,7D,8D,9D,10D,11D,12D,13D,14D. The van der Waals surface area contributed by atoms with Crippen LogP contribution in [0.4, 0.5) is 34.1 Å². The van der Waals surface area contributed by atoms with Crippen molar-refractivity contribution in [3.05, 3.63) is 130 Å². The monoisotopic (exact) mass is 752 g/mol. The summed E-state index contributed by atoms with van der Waals surface area (Å²) < 4.78 is 155. The van der Waals surface area contributed by atoms with Crippen LogP contribution < -0.4 is 50.0 Å². The lowest BCUT2D eigenvalue weighted by Gasteiger charge is -2.39. The van der Waals surface area contributed by atoms with Gasteiger partial charge < -0.3 is 19.3 Å². The highest BCUT2D eigenvalue weighted by Gasteiger charge is 2.48. The molecule has 0 amide bonds. The molecule has 4 aliphatic heterocycles. The molecule has 0 N–H and O–H groups in total. The molecule has 5 aromatic carbocycles. The van der Waals surface area contributed by atoms with Gasteiger partial charge in [0.15, 0.2) is 0 Å². The first-order valence-electron chi connectivity index (χ1n) is 24.7. The van der Waals surface area contributed by atoms with E-state index >= 15 is 0 Å². The molecule has 0 unspecified atom stereocenters. The smallest absolute Gasteiger partial charge is 0.281 e. The Morgan fingerprint density at radius 3 is 2.06 bits per heavy atom. The van der Waals surface area contributed by atoms with Crippen molar-refractivity contribution in [1.82, 2.24) is 0 Å². The van der Waals surface area contributed by atoms with Crippen LogP contribution in [-0.2, 0) is 0 Å². The van der Waals surface area contributed by atoms with Crippen LogP contribution in [0.2, 0.25) is 0 Å². The first-order chi connectivity index (χ1) is 32.5. The average molecular weight is 753 g/mol. The highest BCUT2D eigenvalue weighted by atomic mass is 32.1. The van der Waals surface area contributed by atoms with Crippen LogP contribution in [0, 0.1) is 27.6 Å². The minimum absolute atomic E-state index is 0.0726. The van der Waals surface area contributed by atoms with Crippen LogP contribution in [0.3, 0.4) is 0 Å². The highest BCUT2D eigenvalue weighted by molar-refractivity contribution is 7.39. The lowest BCUT2D eigenvalue weighted by molar-refractivity contribution is 0.487. The summed E-state index contributed by atoms with van der Waals surface area (Å²) in [6, 6.07) is 6.23. The number of hydrogen-bond acceptors (Lipinski definition) is 7. The minimum atomic E-state index is -2.64. The van der Waals surface area contributed by atoms with Crippen LogP contribution in [0.25, 0.3) is 10.1 Å². The molecule has 0 atom stereocenters. The van der Waals surface area contributed by atoms with Crippen LogP contribution in [-0.4, -0.2) is 13.4 Å². The van der Waals surface area contributed by atoms with Crippen molar-refractivity contribution in [2.45, 2.75) is 27.6 Å². The van der Waals surface area contributed by atoms with E-state index in [2.05, 4.69) is 0 Å². The van der Waals surface area contributed by atoms with Crippen molar-refractivity contribution in [2.24, 2.45) is 0 Å². The average Bonchev–Trinajstić information content (AvgIpc) is 4.02. The summed E-state index contributed by atoms with van der Waals surface area (Å²) in [5.74, 6) is 1.37. The van der Waals surface area contributed by atoms with E-state index in [1.54, 1.807) is 21.9 Å². The third kappa shape index (κ3) is 3.97. The van der Waals surface area contributed by atoms with Gasteiger partial charge in [-0.2, -0.15) is 22.7 Å². The van der Waals surface area contributed by atoms with Crippen molar-refractivity contribution in [3.8, 4) is 23.0 Å². The molecule has 0 spiro atoms. The Hall–Kier alpha value is -5.21. The van der Waals surface area contributed by atoms with E-state index in [1.165, 1.54) is 58.3 Å². The number of fused-ring (bicyclic) bond motifs is 11. The summed E-state index contributed by atoms with van der Waals surface area (Å²) in [4.78, 5) is 4.03. The first kappa shape index (κ1) is 18.7. The second-order valence-electron chi connectivity index (χ2n) is 13.3. The molecule has 0 fully saturated rings. The number of rotatable bonds is 2. The van der Waals surface area contributed by atoms with Crippen molar-refractivity contribution in [1.29, 1.82) is 0 Å². The Bertz CT molecular complexity index is 3640. The molecule has 8 aromatic rings. The third-order valence-electron chi connectivity index (χ3n) is 10.6. The highest BCUT2D eigenvalue weighted by Crippen LogP contribution is 2.48. The minimum Gasteiger partial charge on any atom is -0.458 e. The van der Waals surface area contributed by atoms with Gasteiger partial charge in [0.1, 0.15) is 23.0 Å². The summed E-state index contributed by atoms with van der Waals surface area (Å²) in [6.45, 7) is -2.62. The summed E-state index contributed by atoms with van der Waals surface area (Å²) in [5.41, 5.74) is 3.80. The summed E-state index contributed by atoms with van der Waals surface area (Å²) >= 11 is 4.34. The number of nitrogens with zero attached hydrogens (tertiary/aromatic N) is 2. The quantitative estimate of drug-likeness (QED) is 0.165. The van der Waals surface area contributed by atoms with Gasteiger partial charge in [-0.05, 0) is 133 Å². The maximum absolute atomic E-state index is 9.14. The van der Waals surface area contributed by atoms with Gasteiger partial charge in [0.2, 0.25) is 0 Å². The fourth-order valence-corrected chi connectivity index (χ4v) is 12.2. The molecule has 0 radical (unpaired) electrons. The summed E-state index contributed by atoms with van der Waals surface area (Å²) in [7, 11) is 0. The maximum Gasteiger partial charge on any atom is 0.281 e. The molecular weight excluding hydrogens is 706 g/mol. The third-order valence-corrected chi connectivity index (χ3v) is 14.1. The fraction of sp³-hybridized carbons (Fsp3) is 0.0909. The molecule has 53 heavy (non-hydrogen) atoms. The normalized spacial score (nSPS) is 19.0. The van der Waals surface area contributed by atoms with Crippen LogP contribution in [0.1, 0.15) is 43.5 Å². The van der Waals surface area contributed by atoms with E-state index in [4.69, 9.17) is 31.4 Å². The van der Waals surface area contributed by atoms with Gasteiger partial charge >= 0.3 is 0 Å². The number of anilines is 6. The Labute approximate surface area is 343 Å². The topological polar surface area (TPSA) is 24.9 Å². The number of aryl methyl sites for hydroxylation is 3. The van der Waals surface area contributed by atoms with Gasteiger partial charge in [0.25, 0.3) is 13.4 Å². The molecule has 7 heterocycles. The second-order valence-corrected chi connectivity index (χ2v) is 16.6. The van der Waals surface area contributed by atoms with Crippen LogP contribution in [0.15, 0.2) is 108 Å². The van der Waals surface area contributed by atoms with Crippen molar-refractivity contribution in [3.63, 3.8) is 0 Å². The molecule has 12 rings (SSSR count). The van der Waals surface area contributed by atoms with Gasteiger partial charge in [0.05, 0.1) is 25.1 Å². The van der Waals surface area contributed by atoms with Gasteiger partial charge in [-0.25, -0.2) is 0 Å². The van der Waals surface area contributed by atoms with Crippen molar-refractivity contribution >= 4 is 122 Å². The van der Waals surface area contributed by atoms with E-state index in [-0.39, 0.29) is 39.7 Å². The fourth-order valence-electron chi connectivity index (χ4n) is 8.44. The lowest BCUT2D eigenvalue weighted by atomic mass is 9.36. The number of para-hydroxylation sites is 2. The molecule has 9 heteroatoms. The zero-order valence-electron chi connectivity index (χ0n) is 43.7. The molecule has 0 saturated heterocycles. The van der Waals surface area contributed by atoms with Crippen LogP contribution >= 0.6 is 34.0 Å². The molecular formula is C44H30B2N2O2S3. The zero-order valence-corrected chi connectivity index (χ0v) is 30.2. The molecule has 0 aliphatic carbocycles. The Morgan fingerprint density at radius 1 is 0.642 bits per heavy atom. The molecule has 0 saturated carbocycles. The maximum atomic E-state index is 9.14. The van der Waals surface area contributed by atoms with Crippen LogP contribution in [0.5, 0.6) is 23.0 Å². The molecule has 0 bridgehead atoms. The van der Waals surface area contributed by atoms with E-state index in [9.17, 15) is 0 Å². The lowest BCUT2D eigenvalue weighted by Crippen LogP contribution is -2.58. The summed E-state index contributed by atoms with van der Waals surface area (Å²) in [5, 5.41) is 2.53. The van der Waals surface area contributed by atoms with E-state index in [0.717, 1.165) is 34.9 Å². The second kappa shape index (κ2) is 10.7. The molecule has 3 aromatic heterocycles. The predicted molar refractivity (Wildman–Crippen MR) is 228 cm³/mol. The number of thiophene rings is 3. The number of benzene rings is 5. The Kier molecular flexibility index (Phi) is 3.77. The Balaban J connectivity index is 1.13. The number of hydrogen-bond donors (Lipinski definition) is 0. The van der Waals surface area contributed by atoms with Gasteiger partial charge in [-0.15, -0.1) is 11.3 Å². The molecule has 4 aliphatic rings. The van der Waals surface area contributed by atoms with Gasteiger partial charge in [-0.1, -0.05) is 36.3 Å².